The molecule has 0 aromatic heterocycles. The van der Waals surface area contributed by atoms with Crippen LogP contribution in [0.2, 0.25) is 0 Å². The summed E-state index contributed by atoms with van der Waals surface area (Å²) in [5.74, 6) is -0.183. The summed E-state index contributed by atoms with van der Waals surface area (Å²) in [6.07, 6.45) is 3.11. The lowest BCUT2D eigenvalue weighted by Gasteiger charge is -2.16. The molecule has 6 nitrogen and oxygen atoms in total. The predicted molar refractivity (Wildman–Crippen MR) is 112 cm³/mol. The van der Waals surface area contributed by atoms with E-state index in [1.165, 1.54) is 23.8 Å². The molecule has 0 radical (unpaired) electrons. The molecule has 150 valence electrons. The van der Waals surface area contributed by atoms with E-state index in [0.717, 1.165) is 18.7 Å². The van der Waals surface area contributed by atoms with E-state index in [0.29, 0.717) is 13.1 Å². The van der Waals surface area contributed by atoms with Crippen molar-refractivity contribution in [3.8, 4) is 0 Å². The number of nitrogens with zero attached hydrogens (tertiary/aromatic N) is 1. The lowest BCUT2D eigenvalue weighted by atomic mass is 10.2. The maximum Gasteiger partial charge on any atom is 0.244 e. The van der Waals surface area contributed by atoms with Crippen LogP contribution in [0.1, 0.15) is 18.1 Å². The van der Waals surface area contributed by atoms with Crippen LogP contribution in [-0.2, 0) is 21.4 Å². The van der Waals surface area contributed by atoms with Crippen LogP contribution < -0.4 is 10.0 Å². The minimum absolute atomic E-state index is 0.183. The Kier molecular flexibility index (Phi) is 8.38. The van der Waals surface area contributed by atoms with Crippen molar-refractivity contribution in [2.75, 3.05) is 26.7 Å². The van der Waals surface area contributed by atoms with Gasteiger partial charge in [0.05, 0.1) is 4.90 Å². The molecule has 7 heteroatoms. The first-order chi connectivity index (χ1) is 13.4. The molecule has 2 aromatic carbocycles. The Morgan fingerprint density at radius 2 is 1.75 bits per heavy atom. The van der Waals surface area contributed by atoms with Gasteiger partial charge in [-0.1, -0.05) is 49.4 Å². The number of carbonyl (C=O) groups excluding carboxylic acids is 1. The molecule has 28 heavy (non-hydrogen) atoms. The first-order valence-electron chi connectivity index (χ1n) is 9.19. The zero-order valence-electron chi connectivity index (χ0n) is 16.3. The number of hydrogen-bond acceptors (Lipinski definition) is 4. The Hall–Kier alpha value is -2.48. The molecular weight excluding hydrogens is 374 g/mol. The predicted octanol–water partition coefficient (Wildman–Crippen LogP) is 2.25. The van der Waals surface area contributed by atoms with E-state index in [9.17, 15) is 13.2 Å². The third-order valence-electron chi connectivity index (χ3n) is 4.04. The van der Waals surface area contributed by atoms with Crippen LogP contribution in [0.3, 0.4) is 0 Å². The highest BCUT2D eigenvalue weighted by molar-refractivity contribution is 7.89. The molecule has 0 aliphatic heterocycles. The van der Waals surface area contributed by atoms with E-state index in [4.69, 9.17) is 0 Å². The number of hydrogen-bond donors (Lipinski definition) is 2. The topological polar surface area (TPSA) is 78.5 Å². The van der Waals surface area contributed by atoms with E-state index in [1.54, 1.807) is 25.1 Å². The van der Waals surface area contributed by atoms with Gasteiger partial charge in [0.15, 0.2) is 0 Å². The Morgan fingerprint density at radius 3 is 2.39 bits per heavy atom. The second-order valence-electron chi connectivity index (χ2n) is 6.42. The molecule has 0 aliphatic carbocycles. The van der Waals surface area contributed by atoms with E-state index in [-0.39, 0.29) is 10.8 Å². The number of benzene rings is 2. The van der Waals surface area contributed by atoms with Gasteiger partial charge >= 0.3 is 0 Å². The summed E-state index contributed by atoms with van der Waals surface area (Å²) in [6, 6.07) is 16.5. The Bertz CT molecular complexity index is 879. The van der Waals surface area contributed by atoms with Crippen molar-refractivity contribution >= 4 is 22.0 Å². The lowest BCUT2D eigenvalue weighted by molar-refractivity contribution is -0.116. The van der Waals surface area contributed by atoms with Crippen LogP contribution in [0.15, 0.2) is 65.6 Å². The molecule has 2 rings (SSSR count). The Balaban J connectivity index is 1.77. The summed E-state index contributed by atoms with van der Waals surface area (Å²) in [6.45, 7) is 4.18. The fourth-order valence-corrected chi connectivity index (χ4v) is 3.65. The molecule has 0 unspecified atom stereocenters. The second-order valence-corrected chi connectivity index (χ2v) is 8.19. The number of amides is 1. The number of likely N-dealkylation sites (N-methyl/N-ethyl adjacent to an activating group) is 1. The molecule has 0 saturated heterocycles. The van der Waals surface area contributed by atoms with Gasteiger partial charge in [-0.05, 0) is 36.4 Å². The zero-order chi connectivity index (χ0) is 20.4. The van der Waals surface area contributed by atoms with Crippen LogP contribution in [-0.4, -0.2) is 45.9 Å². The first-order valence-corrected chi connectivity index (χ1v) is 10.7. The summed E-state index contributed by atoms with van der Waals surface area (Å²) in [5.41, 5.74) is 1.99. The van der Waals surface area contributed by atoms with Crippen molar-refractivity contribution in [1.82, 2.24) is 14.9 Å². The number of sulfonamides is 1. The van der Waals surface area contributed by atoms with E-state index < -0.39 is 10.0 Å². The molecule has 0 atom stereocenters. The molecule has 0 saturated carbocycles. The summed E-state index contributed by atoms with van der Waals surface area (Å²) < 4.78 is 26.2. The molecule has 0 fully saturated rings. The van der Waals surface area contributed by atoms with Crippen molar-refractivity contribution in [3.05, 3.63) is 71.8 Å². The first kappa shape index (κ1) is 21.8. The molecule has 2 aromatic rings. The monoisotopic (exact) mass is 401 g/mol. The van der Waals surface area contributed by atoms with Gasteiger partial charge in [-0.15, -0.1) is 0 Å². The van der Waals surface area contributed by atoms with Gasteiger partial charge in [-0.25, -0.2) is 13.1 Å². The van der Waals surface area contributed by atoms with Crippen molar-refractivity contribution < 1.29 is 13.2 Å². The Morgan fingerprint density at radius 1 is 1.07 bits per heavy atom. The maximum atomic E-state index is 11.9. The van der Waals surface area contributed by atoms with E-state index >= 15 is 0 Å². The highest BCUT2D eigenvalue weighted by Gasteiger charge is 2.11. The normalized spacial score (nSPS) is 11.8. The van der Waals surface area contributed by atoms with Crippen molar-refractivity contribution in [3.63, 3.8) is 0 Å². The van der Waals surface area contributed by atoms with Crippen LogP contribution in [0.25, 0.3) is 6.08 Å². The van der Waals surface area contributed by atoms with Gasteiger partial charge in [-0.2, -0.15) is 0 Å². The third-order valence-corrected chi connectivity index (χ3v) is 5.60. The standard InChI is InChI=1S/C21H27N3O3S/c1-3-23-28(26,27)20-12-9-18(10-13-20)11-14-21(25)22-15-16-24(2)17-19-7-5-4-6-8-19/h4-14,23H,3,15-17H2,1-2H3,(H,22,25)/b14-11+. The molecule has 0 spiro atoms. The largest absolute Gasteiger partial charge is 0.351 e. The summed E-state index contributed by atoms with van der Waals surface area (Å²) in [5, 5.41) is 2.85. The van der Waals surface area contributed by atoms with Gasteiger partial charge in [0.1, 0.15) is 0 Å². The summed E-state index contributed by atoms with van der Waals surface area (Å²) in [4.78, 5) is 14.3. The van der Waals surface area contributed by atoms with Crippen molar-refractivity contribution in [2.45, 2.75) is 18.4 Å². The van der Waals surface area contributed by atoms with Crippen LogP contribution >= 0.6 is 0 Å². The second kappa shape index (κ2) is 10.8. The number of carbonyl (C=O) groups is 1. The molecular formula is C21H27N3O3S. The van der Waals surface area contributed by atoms with E-state index in [1.807, 2.05) is 25.2 Å². The number of rotatable bonds is 10. The highest BCUT2D eigenvalue weighted by Crippen LogP contribution is 2.11. The van der Waals surface area contributed by atoms with Crippen LogP contribution in [0.5, 0.6) is 0 Å². The van der Waals surface area contributed by atoms with Gasteiger partial charge in [0, 0.05) is 32.3 Å². The lowest BCUT2D eigenvalue weighted by Crippen LogP contribution is -2.31. The fraction of sp³-hybridized carbons (Fsp3) is 0.286. The zero-order valence-corrected chi connectivity index (χ0v) is 17.1. The minimum atomic E-state index is -3.46. The third kappa shape index (κ3) is 7.26. The molecule has 2 N–H and O–H groups in total. The molecule has 0 aliphatic rings. The SMILES string of the molecule is CCNS(=O)(=O)c1ccc(/C=C/C(=O)NCCN(C)Cc2ccccc2)cc1. The van der Waals surface area contributed by atoms with Gasteiger partial charge in [0.25, 0.3) is 0 Å². The van der Waals surface area contributed by atoms with Crippen LogP contribution in [0, 0.1) is 0 Å². The molecule has 0 bridgehead atoms. The molecule has 1 amide bonds. The minimum Gasteiger partial charge on any atom is -0.351 e. The average molecular weight is 402 g/mol. The fourth-order valence-electron chi connectivity index (χ4n) is 2.61. The smallest absolute Gasteiger partial charge is 0.244 e. The quantitative estimate of drug-likeness (QED) is 0.599. The molecule has 0 heterocycles. The van der Waals surface area contributed by atoms with Gasteiger partial charge in [0.2, 0.25) is 15.9 Å². The van der Waals surface area contributed by atoms with Crippen LogP contribution in [0.4, 0.5) is 0 Å². The van der Waals surface area contributed by atoms with E-state index in [2.05, 4.69) is 27.1 Å². The van der Waals surface area contributed by atoms with Gasteiger partial charge in [-0.3, -0.25) is 4.79 Å². The average Bonchev–Trinajstić information content (AvgIpc) is 2.67. The highest BCUT2D eigenvalue weighted by atomic mass is 32.2. The maximum absolute atomic E-state index is 11.9. The number of nitrogens with one attached hydrogen (secondary N) is 2. The van der Waals surface area contributed by atoms with Crippen molar-refractivity contribution in [1.29, 1.82) is 0 Å². The van der Waals surface area contributed by atoms with Crippen molar-refractivity contribution in [2.24, 2.45) is 0 Å². The summed E-state index contributed by atoms with van der Waals surface area (Å²) >= 11 is 0. The van der Waals surface area contributed by atoms with Gasteiger partial charge < -0.3 is 10.2 Å². The Labute approximate surface area is 167 Å². The summed E-state index contributed by atoms with van der Waals surface area (Å²) in [7, 11) is -1.45.